The van der Waals surface area contributed by atoms with Gasteiger partial charge in [0, 0.05) is 4.47 Å². The number of rotatable bonds is 5. The lowest BCUT2D eigenvalue weighted by Crippen LogP contribution is -2.21. The smallest absolute Gasteiger partial charge is 0.323 e. The normalized spacial score (nSPS) is 16.5. The van der Waals surface area contributed by atoms with Crippen molar-refractivity contribution >= 4 is 44.5 Å². The van der Waals surface area contributed by atoms with E-state index in [1.165, 1.54) is 0 Å². The highest BCUT2D eigenvalue weighted by atomic mass is 79.9. The number of hydrogen-bond acceptors (Lipinski definition) is 4. The molecule has 1 amide bonds. The maximum Gasteiger partial charge on any atom is 0.323 e. The Morgan fingerprint density at radius 3 is 2.75 bits per heavy atom. The van der Waals surface area contributed by atoms with E-state index in [-0.39, 0.29) is 24.2 Å². The maximum atomic E-state index is 11.9. The van der Waals surface area contributed by atoms with Gasteiger partial charge in [0.05, 0.1) is 23.1 Å². The Morgan fingerprint density at radius 1 is 1.29 bits per heavy atom. The lowest BCUT2D eigenvalue weighted by molar-refractivity contribution is -0.147. The molecule has 126 valence electrons. The highest BCUT2D eigenvalue weighted by Crippen LogP contribution is 2.26. The van der Waals surface area contributed by atoms with Gasteiger partial charge in [0.2, 0.25) is 0 Å². The third-order valence-corrected chi connectivity index (χ3v) is 4.44. The van der Waals surface area contributed by atoms with Crippen molar-refractivity contribution in [3.63, 3.8) is 0 Å². The number of amides is 1. The Morgan fingerprint density at radius 2 is 2.04 bits per heavy atom. The van der Waals surface area contributed by atoms with Crippen LogP contribution in [0.5, 0.6) is 0 Å². The van der Waals surface area contributed by atoms with Gasteiger partial charge < -0.3 is 20.0 Å². The summed E-state index contributed by atoms with van der Waals surface area (Å²) in [5.41, 5.74) is 1.36. The molecule has 0 spiro atoms. The lowest BCUT2D eigenvalue weighted by Gasteiger charge is -2.10. The van der Waals surface area contributed by atoms with Gasteiger partial charge in [-0.05, 0) is 46.8 Å². The number of anilines is 1. The van der Waals surface area contributed by atoms with Gasteiger partial charge in [-0.2, -0.15) is 0 Å². The van der Waals surface area contributed by atoms with Gasteiger partial charge in [0.25, 0.3) is 5.91 Å². The van der Waals surface area contributed by atoms with Crippen molar-refractivity contribution in [1.29, 1.82) is 0 Å². The number of fused-ring (bicyclic) bond motifs is 1. The minimum Gasteiger partial charge on any atom is -0.456 e. The molecule has 0 radical (unpaired) electrons. The fraction of sp³-hybridized carbons (Fsp3) is 0.312. The molecule has 2 aromatic rings. The van der Waals surface area contributed by atoms with Gasteiger partial charge in [0.1, 0.15) is 0 Å². The number of carbonyl (C=O) groups excluding carboxylic acids is 2. The van der Waals surface area contributed by atoms with Crippen LogP contribution in [-0.4, -0.2) is 28.5 Å². The van der Waals surface area contributed by atoms with Gasteiger partial charge in [-0.1, -0.05) is 12.2 Å². The second-order valence-corrected chi connectivity index (χ2v) is 6.49. The Labute approximate surface area is 145 Å². The summed E-state index contributed by atoms with van der Waals surface area (Å²) >= 11 is 3.33. The monoisotopic (exact) mass is 393 g/mol. The molecule has 3 N–H and O–H groups in total. The summed E-state index contributed by atoms with van der Waals surface area (Å²) < 4.78 is 5.62. The molecule has 0 fully saturated rings. The first-order valence-electron chi connectivity index (χ1n) is 7.55. The quantitative estimate of drug-likeness (QED) is 0.535. The van der Waals surface area contributed by atoms with Gasteiger partial charge in [-0.15, -0.1) is 0 Å². The van der Waals surface area contributed by atoms with E-state index >= 15 is 0 Å². The maximum absolute atomic E-state index is 11.9. The number of aromatic amines is 2. The minimum atomic E-state index is -0.441. The number of halogens is 1. The third-order valence-electron chi connectivity index (χ3n) is 3.78. The Balaban J connectivity index is 1.56. The van der Waals surface area contributed by atoms with Gasteiger partial charge >= 0.3 is 11.7 Å². The number of H-pyrrole nitrogens is 2. The van der Waals surface area contributed by atoms with Crippen molar-refractivity contribution in [2.75, 3.05) is 11.9 Å². The fourth-order valence-electron chi connectivity index (χ4n) is 2.62. The van der Waals surface area contributed by atoms with Crippen LogP contribution in [0.1, 0.15) is 19.3 Å². The van der Waals surface area contributed by atoms with Crippen LogP contribution in [0.25, 0.3) is 11.0 Å². The predicted molar refractivity (Wildman–Crippen MR) is 92.7 cm³/mol. The zero-order valence-corrected chi connectivity index (χ0v) is 14.3. The van der Waals surface area contributed by atoms with Crippen LogP contribution in [0.2, 0.25) is 0 Å². The predicted octanol–water partition coefficient (Wildman–Crippen LogP) is 2.46. The van der Waals surface area contributed by atoms with Crippen LogP contribution in [-0.2, 0) is 14.3 Å². The van der Waals surface area contributed by atoms with Crippen molar-refractivity contribution < 1.29 is 14.3 Å². The lowest BCUT2D eigenvalue weighted by atomic mass is 10.1. The van der Waals surface area contributed by atoms with Crippen LogP contribution in [0.4, 0.5) is 5.69 Å². The molecule has 1 aromatic heterocycles. The highest BCUT2D eigenvalue weighted by molar-refractivity contribution is 9.10. The van der Waals surface area contributed by atoms with Crippen molar-refractivity contribution in [2.45, 2.75) is 19.3 Å². The summed E-state index contributed by atoms with van der Waals surface area (Å²) in [6, 6.07) is 3.31. The van der Waals surface area contributed by atoms with Crippen LogP contribution < -0.4 is 11.0 Å². The van der Waals surface area contributed by atoms with E-state index < -0.39 is 5.91 Å². The molecule has 1 heterocycles. The minimum absolute atomic E-state index is 0.211. The number of benzene rings is 1. The molecule has 0 unspecified atom stereocenters. The third kappa shape index (κ3) is 3.94. The number of hydrogen-bond donors (Lipinski definition) is 3. The summed E-state index contributed by atoms with van der Waals surface area (Å²) in [6.45, 7) is -0.344. The molecule has 1 aliphatic rings. The Kier molecular flexibility index (Phi) is 4.84. The first-order chi connectivity index (χ1) is 11.5. The molecule has 8 heteroatoms. The van der Waals surface area contributed by atoms with E-state index in [2.05, 4.69) is 31.2 Å². The van der Waals surface area contributed by atoms with Crippen molar-refractivity contribution in [3.05, 3.63) is 39.2 Å². The van der Waals surface area contributed by atoms with Crippen molar-refractivity contribution in [1.82, 2.24) is 9.97 Å². The van der Waals surface area contributed by atoms with E-state index in [1.54, 1.807) is 12.1 Å². The zero-order valence-electron chi connectivity index (χ0n) is 12.7. The summed E-state index contributed by atoms with van der Waals surface area (Å²) in [4.78, 5) is 40.2. The Bertz CT molecular complexity index is 868. The molecular weight excluding hydrogens is 378 g/mol. The van der Waals surface area contributed by atoms with Gasteiger partial charge in [-0.25, -0.2) is 4.79 Å². The zero-order chi connectivity index (χ0) is 17.1. The average Bonchev–Trinajstić information content (AvgIpc) is 3.14. The van der Waals surface area contributed by atoms with Crippen molar-refractivity contribution in [3.8, 4) is 0 Å². The number of ether oxygens (including phenoxy) is 1. The second kappa shape index (κ2) is 7.04. The molecule has 1 aliphatic carbocycles. The number of aromatic nitrogens is 2. The number of esters is 1. The molecule has 1 atom stereocenters. The molecule has 0 saturated carbocycles. The SMILES string of the molecule is O=C(COC(=O)C[C@H]1C=CCC1)Nc1cc2[nH]c(=O)[nH]c2cc1Br. The second-order valence-electron chi connectivity index (χ2n) is 5.64. The summed E-state index contributed by atoms with van der Waals surface area (Å²) in [7, 11) is 0. The number of nitrogens with one attached hydrogen (secondary N) is 3. The standard InChI is InChI=1S/C16H16BrN3O4/c17-10-6-12-13(20-16(23)19-12)7-11(10)18-14(21)8-24-15(22)5-9-3-1-2-4-9/h1,3,6-7,9H,2,4-5,8H2,(H,18,21)(H2,19,20,23)/t9-/m0/s1. The number of imidazole rings is 1. The Hall–Kier alpha value is -2.35. The molecule has 1 aromatic carbocycles. The van der Waals surface area contributed by atoms with Gasteiger partial charge in [-0.3, -0.25) is 9.59 Å². The van der Waals surface area contributed by atoms with Crippen LogP contribution in [0.15, 0.2) is 33.6 Å². The number of carbonyl (C=O) groups is 2. The molecule has 0 saturated heterocycles. The molecule has 3 rings (SSSR count). The first kappa shape index (κ1) is 16.5. The van der Waals surface area contributed by atoms with Crippen LogP contribution in [0.3, 0.4) is 0 Å². The average molecular weight is 394 g/mol. The summed E-state index contributed by atoms with van der Waals surface area (Å²) in [5, 5.41) is 2.65. The molecule has 0 bridgehead atoms. The highest BCUT2D eigenvalue weighted by Gasteiger charge is 2.16. The van der Waals surface area contributed by atoms with Crippen molar-refractivity contribution in [2.24, 2.45) is 5.92 Å². The van der Waals surface area contributed by atoms with Crippen LogP contribution in [0, 0.1) is 5.92 Å². The molecule has 7 nitrogen and oxygen atoms in total. The topological polar surface area (TPSA) is 104 Å². The van der Waals surface area contributed by atoms with E-state index in [4.69, 9.17) is 4.74 Å². The van der Waals surface area contributed by atoms with Gasteiger partial charge in [0.15, 0.2) is 6.61 Å². The van der Waals surface area contributed by atoms with E-state index in [9.17, 15) is 14.4 Å². The number of allylic oxidation sites excluding steroid dienone is 2. The summed E-state index contributed by atoms with van der Waals surface area (Å²) in [5.74, 6) is -0.614. The molecule has 24 heavy (non-hydrogen) atoms. The largest absolute Gasteiger partial charge is 0.456 e. The summed E-state index contributed by atoms with van der Waals surface area (Å²) in [6.07, 6.45) is 6.28. The van der Waals surface area contributed by atoms with E-state index in [0.717, 1.165) is 12.8 Å². The van der Waals surface area contributed by atoms with E-state index in [1.807, 2.05) is 12.2 Å². The van der Waals surface area contributed by atoms with E-state index in [0.29, 0.717) is 27.6 Å². The molecule has 0 aliphatic heterocycles. The first-order valence-corrected chi connectivity index (χ1v) is 8.34. The van der Waals surface area contributed by atoms with Crippen LogP contribution >= 0.6 is 15.9 Å². The molecular formula is C16H16BrN3O4. The fourth-order valence-corrected chi connectivity index (χ4v) is 3.06.